The molecule has 16 heavy (non-hydrogen) atoms. The summed E-state index contributed by atoms with van der Waals surface area (Å²) in [5, 5.41) is 3.46. The van der Waals surface area contributed by atoms with E-state index < -0.39 is 10.8 Å². The van der Waals surface area contributed by atoms with E-state index in [9.17, 15) is 4.21 Å². The summed E-state index contributed by atoms with van der Waals surface area (Å²) in [5.41, 5.74) is 1.11. The predicted octanol–water partition coefficient (Wildman–Crippen LogP) is 2.02. The Morgan fingerprint density at radius 1 is 1.25 bits per heavy atom. The first-order valence-corrected chi connectivity index (χ1v) is 7.02. The van der Waals surface area contributed by atoms with Gasteiger partial charge >= 0.3 is 0 Å². The number of nitrogens with one attached hydrogen (secondary N) is 1. The third-order valence-electron chi connectivity index (χ3n) is 2.85. The Kier molecular flexibility index (Phi) is 3.83. The maximum atomic E-state index is 11.2. The number of benzene rings is 1. The van der Waals surface area contributed by atoms with Crippen LogP contribution in [0.4, 0.5) is 5.69 Å². The lowest BCUT2D eigenvalue weighted by molar-refractivity contribution is 0.415. The Balaban J connectivity index is 1.90. The van der Waals surface area contributed by atoms with Crippen LogP contribution in [0, 0.1) is 0 Å². The van der Waals surface area contributed by atoms with Crippen molar-refractivity contribution in [2.45, 2.75) is 18.9 Å². The van der Waals surface area contributed by atoms with Crippen molar-refractivity contribution in [3.63, 3.8) is 0 Å². The molecular weight excluding hydrogens is 222 g/mol. The zero-order valence-electron chi connectivity index (χ0n) is 9.44. The van der Waals surface area contributed by atoms with Gasteiger partial charge in [0.2, 0.25) is 0 Å². The van der Waals surface area contributed by atoms with E-state index in [0.717, 1.165) is 35.8 Å². The molecule has 1 fully saturated rings. The molecule has 0 bridgehead atoms. The minimum atomic E-state index is -0.584. The van der Waals surface area contributed by atoms with E-state index in [2.05, 4.69) is 5.32 Å². The van der Waals surface area contributed by atoms with E-state index in [1.54, 1.807) is 7.11 Å². The molecule has 2 rings (SSSR count). The highest BCUT2D eigenvalue weighted by molar-refractivity contribution is 7.85. The van der Waals surface area contributed by atoms with Crippen LogP contribution in [0.3, 0.4) is 0 Å². The van der Waals surface area contributed by atoms with Gasteiger partial charge in [-0.05, 0) is 37.1 Å². The highest BCUT2D eigenvalue weighted by atomic mass is 32.2. The topological polar surface area (TPSA) is 38.3 Å². The largest absolute Gasteiger partial charge is 0.497 e. The second-order valence-corrected chi connectivity index (χ2v) is 5.69. The fourth-order valence-corrected chi connectivity index (χ4v) is 3.16. The van der Waals surface area contributed by atoms with Crippen LogP contribution < -0.4 is 10.1 Å². The summed E-state index contributed by atoms with van der Waals surface area (Å²) < 4.78 is 16.3. The van der Waals surface area contributed by atoms with Crippen LogP contribution in [0.15, 0.2) is 24.3 Å². The first-order chi connectivity index (χ1) is 7.78. The van der Waals surface area contributed by atoms with Crippen molar-refractivity contribution in [1.82, 2.24) is 0 Å². The minimum Gasteiger partial charge on any atom is -0.497 e. The van der Waals surface area contributed by atoms with E-state index in [0.29, 0.717) is 6.04 Å². The summed E-state index contributed by atoms with van der Waals surface area (Å²) in [6.45, 7) is 0. The maximum absolute atomic E-state index is 11.2. The number of methoxy groups -OCH3 is 1. The van der Waals surface area contributed by atoms with Crippen molar-refractivity contribution in [3.05, 3.63) is 24.3 Å². The monoisotopic (exact) mass is 239 g/mol. The number of ether oxygens (including phenoxy) is 1. The quantitative estimate of drug-likeness (QED) is 0.877. The smallest absolute Gasteiger partial charge is 0.119 e. The van der Waals surface area contributed by atoms with Crippen LogP contribution in [-0.2, 0) is 10.8 Å². The van der Waals surface area contributed by atoms with Gasteiger partial charge in [-0.3, -0.25) is 4.21 Å². The SMILES string of the molecule is COc1ccc(NC2CCS(=O)CC2)cc1. The lowest BCUT2D eigenvalue weighted by atomic mass is 10.1. The Morgan fingerprint density at radius 3 is 2.44 bits per heavy atom. The van der Waals surface area contributed by atoms with Crippen LogP contribution in [0.2, 0.25) is 0 Å². The summed E-state index contributed by atoms with van der Waals surface area (Å²) in [6, 6.07) is 8.40. The van der Waals surface area contributed by atoms with Crippen LogP contribution in [0.25, 0.3) is 0 Å². The van der Waals surface area contributed by atoms with Gasteiger partial charge in [0.1, 0.15) is 5.75 Å². The molecule has 0 spiro atoms. The third-order valence-corrected chi connectivity index (χ3v) is 4.23. The summed E-state index contributed by atoms with van der Waals surface area (Å²) in [4.78, 5) is 0. The number of hydrogen-bond acceptors (Lipinski definition) is 3. The van der Waals surface area contributed by atoms with Gasteiger partial charge in [-0.2, -0.15) is 0 Å². The molecule has 0 aromatic heterocycles. The van der Waals surface area contributed by atoms with Crippen molar-refractivity contribution < 1.29 is 8.95 Å². The molecule has 1 aromatic carbocycles. The van der Waals surface area contributed by atoms with Crippen molar-refractivity contribution in [2.24, 2.45) is 0 Å². The molecule has 0 amide bonds. The van der Waals surface area contributed by atoms with Gasteiger partial charge in [0.15, 0.2) is 0 Å². The summed E-state index contributed by atoms with van der Waals surface area (Å²) in [6.07, 6.45) is 2.00. The Labute approximate surface area is 98.7 Å². The molecule has 0 atom stereocenters. The normalized spacial score (nSPS) is 25.1. The van der Waals surface area contributed by atoms with Crippen molar-refractivity contribution in [2.75, 3.05) is 23.9 Å². The summed E-state index contributed by atoms with van der Waals surface area (Å²) in [7, 11) is 1.08. The van der Waals surface area contributed by atoms with Crippen molar-refractivity contribution >= 4 is 16.5 Å². The second kappa shape index (κ2) is 5.34. The molecule has 1 saturated heterocycles. The van der Waals surface area contributed by atoms with Crippen LogP contribution in [0.5, 0.6) is 5.75 Å². The van der Waals surface area contributed by atoms with Gasteiger partial charge in [0.25, 0.3) is 0 Å². The number of anilines is 1. The zero-order chi connectivity index (χ0) is 11.4. The third kappa shape index (κ3) is 2.98. The molecule has 0 unspecified atom stereocenters. The Morgan fingerprint density at radius 2 is 1.88 bits per heavy atom. The number of rotatable bonds is 3. The van der Waals surface area contributed by atoms with E-state index in [-0.39, 0.29) is 0 Å². The standard InChI is InChI=1S/C12H17NO2S/c1-15-12-4-2-10(3-5-12)13-11-6-8-16(14)9-7-11/h2-5,11,13H,6-9H2,1H3. The maximum Gasteiger partial charge on any atom is 0.119 e. The molecule has 3 nitrogen and oxygen atoms in total. The fraction of sp³-hybridized carbons (Fsp3) is 0.500. The molecule has 4 heteroatoms. The van der Waals surface area contributed by atoms with Crippen LogP contribution >= 0.6 is 0 Å². The van der Waals surface area contributed by atoms with Gasteiger partial charge < -0.3 is 10.1 Å². The second-order valence-electron chi connectivity index (χ2n) is 4.00. The Bertz CT molecular complexity index is 354. The molecule has 0 saturated carbocycles. The van der Waals surface area contributed by atoms with Gasteiger partial charge in [-0.15, -0.1) is 0 Å². The predicted molar refractivity (Wildman–Crippen MR) is 67.5 cm³/mol. The Hall–Kier alpha value is -1.03. The lowest BCUT2D eigenvalue weighted by Gasteiger charge is -2.23. The molecule has 1 aromatic rings. The van der Waals surface area contributed by atoms with E-state index in [1.165, 1.54) is 0 Å². The first kappa shape index (κ1) is 11.5. The van der Waals surface area contributed by atoms with Crippen molar-refractivity contribution in [1.29, 1.82) is 0 Å². The number of hydrogen-bond donors (Lipinski definition) is 1. The summed E-state index contributed by atoms with van der Waals surface area (Å²) in [5.74, 6) is 2.53. The zero-order valence-corrected chi connectivity index (χ0v) is 10.3. The van der Waals surface area contributed by atoms with E-state index in [1.807, 2.05) is 24.3 Å². The molecule has 0 aliphatic carbocycles. The highest BCUT2D eigenvalue weighted by Gasteiger charge is 2.17. The minimum absolute atomic E-state index is 0.464. The molecule has 1 N–H and O–H groups in total. The lowest BCUT2D eigenvalue weighted by Crippen LogP contribution is -2.29. The first-order valence-electron chi connectivity index (χ1n) is 5.53. The van der Waals surface area contributed by atoms with Gasteiger partial charge in [-0.1, -0.05) is 0 Å². The average Bonchev–Trinajstić information content (AvgIpc) is 2.33. The molecule has 1 heterocycles. The average molecular weight is 239 g/mol. The van der Waals surface area contributed by atoms with Crippen LogP contribution in [0.1, 0.15) is 12.8 Å². The highest BCUT2D eigenvalue weighted by Crippen LogP contribution is 2.19. The van der Waals surface area contributed by atoms with Gasteiger partial charge in [0.05, 0.1) is 7.11 Å². The van der Waals surface area contributed by atoms with Gasteiger partial charge in [0, 0.05) is 34.0 Å². The van der Waals surface area contributed by atoms with E-state index in [4.69, 9.17) is 4.74 Å². The molecule has 0 radical (unpaired) electrons. The molecule has 1 aliphatic rings. The van der Waals surface area contributed by atoms with Crippen LogP contribution in [-0.4, -0.2) is 28.9 Å². The van der Waals surface area contributed by atoms with Gasteiger partial charge in [-0.25, -0.2) is 0 Å². The fourth-order valence-electron chi connectivity index (χ4n) is 1.86. The molecule has 88 valence electrons. The molecular formula is C12H17NO2S. The summed E-state index contributed by atoms with van der Waals surface area (Å²) >= 11 is 0. The molecule has 1 aliphatic heterocycles. The van der Waals surface area contributed by atoms with E-state index >= 15 is 0 Å². The van der Waals surface area contributed by atoms with Crippen molar-refractivity contribution in [3.8, 4) is 5.75 Å².